The fraction of sp³-hybridized carbons (Fsp3) is 0.286. The molecule has 0 atom stereocenters. The van der Waals surface area contributed by atoms with Crippen LogP contribution in [0.25, 0.3) is 32.3 Å². The molecule has 0 N–H and O–H groups in total. The molecule has 278 valence electrons. The Labute approximate surface area is 336 Å². The van der Waals surface area contributed by atoms with Gasteiger partial charge in [0.05, 0.1) is 0 Å². The van der Waals surface area contributed by atoms with Crippen LogP contribution in [0.4, 0.5) is 0 Å². The second-order valence-corrected chi connectivity index (χ2v) is 19.5. The van der Waals surface area contributed by atoms with E-state index in [1.165, 1.54) is 43.8 Å². The maximum absolute atomic E-state index is 3.70. The summed E-state index contributed by atoms with van der Waals surface area (Å²) >= 11 is 0. The van der Waals surface area contributed by atoms with E-state index in [0.717, 1.165) is 44.2 Å². The van der Waals surface area contributed by atoms with Gasteiger partial charge in [0.1, 0.15) is 0 Å². The highest BCUT2D eigenvalue weighted by atomic mass is 14.3. The van der Waals surface area contributed by atoms with Crippen LogP contribution in [0.1, 0.15) is 139 Å². The molecule has 0 amide bonds. The van der Waals surface area contributed by atoms with Crippen molar-refractivity contribution < 1.29 is 0 Å². The Hall–Kier alpha value is -5.74. The van der Waals surface area contributed by atoms with Crippen LogP contribution in [0.15, 0.2) is 109 Å². The van der Waals surface area contributed by atoms with Gasteiger partial charge in [-0.2, -0.15) is 0 Å². The average Bonchev–Trinajstić information content (AvgIpc) is 3.13. The van der Waals surface area contributed by atoms with E-state index < -0.39 is 0 Å². The normalized spacial score (nSPS) is 12.2. The quantitative estimate of drug-likeness (QED) is 0.108. The summed E-state index contributed by atoms with van der Waals surface area (Å²) in [5.41, 5.74) is 11.4. The predicted molar refractivity (Wildman–Crippen MR) is 242 cm³/mol. The molecule has 0 saturated carbocycles. The van der Waals surface area contributed by atoms with E-state index in [-0.39, 0.29) is 21.7 Å². The van der Waals surface area contributed by atoms with Gasteiger partial charge in [-0.25, -0.2) is 0 Å². The zero-order chi connectivity index (χ0) is 40.2. The highest BCUT2D eigenvalue weighted by Gasteiger charge is 2.23. The van der Waals surface area contributed by atoms with Crippen molar-refractivity contribution >= 4 is 32.3 Å². The van der Waals surface area contributed by atoms with Gasteiger partial charge in [0.25, 0.3) is 0 Å². The molecule has 0 aliphatic carbocycles. The first-order valence-corrected chi connectivity index (χ1v) is 19.9. The van der Waals surface area contributed by atoms with Gasteiger partial charge >= 0.3 is 0 Å². The number of hydrogen-bond donors (Lipinski definition) is 0. The third-order valence-electron chi connectivity index (χ3n) is 11.0. The minimum absolute atomic E-state index is 0.0889. The Morgan fingerprint density at radius 2 is 0.696 bits per heavy atom. The fourth-order valence-electron chi connectivity index (χ4n) is 7.48. The van der Waals surface area contributed by atoms with Gasteiger partial charge in [0.15, 0.2) is 0 Å². The monoisotopic (exact) mass is 726 g/mol. The Morgan fingerprint density at radius 1 is 0.321 bits per heavy atom. The second-order valence-electron chi connectivity index (χ2n) is 19.5. The molecule has 7 rings (SSSR count). The zero-order valence-corrected chi connectivity index (χ0v) is 35.4. The molecule has 0 aromatic heterocycles. The largest absolute Gasteiger partial charge is 0.0616 e. The summed E-state index contributed by atoms with van der Waals surface area (Å²) in [4.78, 5) is 0. The van der Waals surface area contributed by atoms with Gasteiger partial charge in [0.2, 0.25) is 0 Å². The van der Waals surface area contributed by atoms with Crippen molar-refractivity contribution in [2.24, 2.45) is 0 Å². The van der Waals surface area contributed by atoms with Crippen LogP contribution >= 0.6 is 0 Å². The molecule has 0 saturated heterocycles. The molecule has 0 aliphatic heterocycles. The van der Waals surface area contributed by atoms with Crippen molar-refractivity contribution in [2.75, 3.05) is 0 Å². The van der Waals surface area contributed by atoms with Crippen LogP contribution in [0, 0.1) is 35.5 Å². The van der Waals surface area contributed by atoms with Gasteiger partial charge in [-0.05, 0) is 125 Å². The Kier molecular flexibility index (Phi) is 9.69. The maximum atomic E-state index is 3.70. The lowest BCUT2D eigenvalue weighted by molar-refractivity contribution is 0.590. The summed E-state index contributed by atoms with van der Waals surface area (Å²) < 4.78 is 0. The fourth-order valence-corrected chi connectivity index (χ4v) is 7.48. The molecule has 0 spiro atoms. The third kappa shape index (κ3) is 7.84. The summed E-state index contributed by atoms with van der Waals surface area (Å²) in [5.74, 6) is 21.5. The number of benzene rings is 7. The molecule has 0 heteroatoms. The van der Waals surface area contributed by atoms with Crippen LogP contribution < -0.4 is 0 Å². The first-order chi connectivity index (χ1) is 26.3. The molecule has 0 fully saturated rings. The van der Waals surface area contributed by atoms with Crippen molar-refractivity contribution in [2.45, 2.75) is 105 Å². The lowest BCUT2D eigenvalue weighted by atomic mass is 9.79. The smallest absolute Gasteiger partial charge is 0.0365 e. The van der Waals surface area contributed by atoms with Crippen molar-refractivity contribution in [3.05, 3.63) is 165 Å². The summed E-state index contributed by atoms with van der Waals surface area (Å²) in [6.07, 6.45) is 0. The van der Waals surface area contributed by atoms with Gasteiger partial charge in [0, 0.05) is 33.4 Å². The summed E-state index contributed by atoms with van der Waals surface area (Å²) in [6.45, 7) is 27.0. The highest BCUT2D eigenvalue weighted by molar-refractivity contribution is 6.26. The van der Waals surface area contributed by atoms with Crippen molar-refractivity contribution in [3.8, 4) is 35.5 Å². The first-order valence-electron chi connectivity index (χ1n) is 19.9. The lowest BCUT2D eigenvalue weighted by Gasteiger charge is -2.24. The molecule has 0 aliphatic rings. The van der Waals surface area contributed by atoms with E-state index in [2.05, 4.69) is 228 Å². The van der Waals surface area contributed by atoms with E-state index in [9.17, 15) is 0 Å². The molecular formula is C56H54. The van der Waals surface area contributed by atoms with E-state index in [4.69, 9.17) is 0 Å². The summed E-state index contributed by atoms with van der Waals surface area (Å²) in [7, 11) is 0. The molecule has 0 unspecified atom stereocenters. The number of hydrogen-bond acceptors (Lipinski definition) is 0. The van der Waals surface area contributed by atoms with Gasteiger partial charge < -0.3 is 0 Å². The van der Waals surface area contributed by atoms with Crippen LogP contribution in [0.5, 0.6) is 0 Å². The lowest BCUT2D eigenvalue weighted by Crippen LogP contribution is -2.14. The summed E-state index contributed by atoms with van der Waals surface area (Å²) in [5, 5.41) is 7.07. The third-order valence-corrected chi connectivity index (χ3v) is 11.0. The molecular weight excluding hydrogens is 673 g/mol. The van der Waals surface area contributed by atoms with Crippen LogP contribution in [-0.2, 0) is 21.7 Å². The average molecular weight is 727 g/mol. The number of rotatable bonds is 0. The molecule has 0 nitrogen and oxygen atoms in total. The minimum atomic E-state index is -0.108. The van der Waals surface area contributed by atoms with Crippen molar-refractivity contribution in [1.82, 2.24) is 0 Å². The molecule has 0 radical (unpaired) electrons. The van der Waals surface area contributed by atoms with Crippen LogP contribution in [0.3, 0.4) is 0 Å². The molecule has 0 bridgehead atoms. The van der Waals surface area contributed by atoms with E-state index in [0.29, 0.717) is 0 Å². The van der Waals surface area contributed by atoms with Gasteiger partial charge in [-0.15, -0.1) is 0 Å². The van der Waals surface area contributed by atoms with Crippen LogP contribution in [-0.4, -0.2) is 0 Å². The minimum Gasteiger partial charge on any atom is -0.0616 e. The van der Waals surface area contributed by atoms with Gasteiger partial charge in [-0.3, -0.25) is 0 Å². The van der Waals surface area contributed by atoms with E-state index in [1.54, 1.807) is 0 Å². The Balaban J connectivity index is 1.46. The molecule has 7 aromatic carbocycles. The summed E-state index contributed by atoms with van der Waals surface area (Å²) in [6, 6.07) is 39.7. The molecule has 0 heterocycles. The second kappa shape index (κ2) is 14.1. The zero-order valence-electron chi connectivity index (χ0n) is 35.4. The predicted octanol–water partition coefficient (Wildman–Crippen LogP) is 14.0. The Morgan fingerprint density at radius 3 is 1.09 bits per heavy atom. The topological polar surface area (TPSA) is 0 Å². The maximum Gasteiger partial charge on any atom is 0.0365 e. The highest BCUT2D eigenvalue weighted by Crippen LogP contribution is 2.42. The first kappa shape index (κ1) is 38.5. The Bertz CT molecular complexity index is 2680. The van der Waals surface area contributed by atoms with Crippen molar-refractivity contribution in [1.29, 1.82) is 0 Å². The van der Waals surface area contributed by atoms with E-state index >= 15 is 0 Å². The molecule has 56 heavy (non-hydrogen) atoms. The van der Waals surface area contributed by atoms with Crippen molar-refractivity contribution in [3.63, 3.8) is 0 Å². The SMILES string of the molecule is CC(C)(C)c1ccc(C#Cc2c(C(C)(C)C)cc3ccc4c(C#Cc5ccc(C(C)(C)C)cc5)cc(C#Cc5ccc(C(C)(C)C)cc5)c5ccc2c3c45)cc1. The van der Waals surface area contributed by atoms with Crippen LogP contribution in [0.2, 0.25) is 0 Å². The van der Waals surface area contributed by atoms with E-state index in [1.807, 2.05) is 0 Å². The molecule has 7 aromatic rings. The standard InChI is InChI=1S/C56H54/c1-53(2,3)43-25-15-37(16-26-43)13-22-40-35-41(23-14-38-17-27-44(28-18-38)54(4,5)6)47-33-34-49-48(31-21-39-19-29-45(30-20-39)55(7,8)9)50(56(10,11)12)36-42-24-32-46(40)52(47)51(42)49/h15-20,24-30,32-36H,1-12H3. The van der Waals surface area contributed by atoms with Gasteiger partial charge in [-0.1, -0.05) is 179 Å².